The van der Waals surface area contributed by atoms with Crippen LogP contribution in [-0.4, -0.2) is 41.8 Å². The van der Waals surface area contributed by atoms with Crippen molar-refractivity contribution in [3.63, 3.8) is 0 Å². The fourth-order valence-electron chi connectivity index (χ4n) is 1.94. The van der Waals surface area contributed by atoms with E-state index in [-0.39, 0.29) is 6.04 Å². The number of nitrogens with one attached hydrogen (secondary N) is 1. The van der Waals surface area contributed by atoms with Gasteiger partial charge in [-0.15, -0.1) is 0 Å². The number of piperidine rings is 1. The molecule has 0 aromatic heterocycles. The summed E-state index contributed by atoms with van der Waals surface area (Å²) in [4.78, 5) is 12.1. The molecule has 4 nitrogen and oxygen atoms in total. The fourth-order valence-corrected chi connectivity index (χ4v) is 1.94. The molecule has 0 radical (unpaired) electrons. The van der Waals surface area contributed by atoms with Gasteiger partial charge in [0, 0.05) is 13.1 Å². The van der Waals surface area contributed by atoms with Gasteiger partial charge in [-0.05, 0) is 18.9 Å². The second kappa shape index (κ2) is 2.37. The van der Waals surface area contributed by atoms with E-state index in [0.29, 0.717) is 5.92 Å². The molecule has 2 aliphatic rings. The highest BCUT2D eigenvalue weighted by atomic mass is 16.4. The molecule has 62 valence electrons. The Morgan fingerprint density at radius 3 is 3.09 bits per heavy atom. The van der Waals surface area contributed by atoms with Gasteiger partial charge in [0.05, 0.1) is 6.04 Å². The summed E-state index contributed by atoms with van der Waals surface area (Å²) in [6.07, 6.45) is 0.365. The number of amides is 1. The third-order valence-electron chi connectivity index (χ3n) is 2.67. The highest BCUT2D eigenvalue weighted by molar-refractivity contribution is 5.66. The highest BCUT2D eigenvalue weighted by Gasteiger charge is 2.42. The molecule has 2 N–H and O–H groups in total. The van der Waals surface area contributed by atoms with E-state index in [4.69, 9.17) is 5.11 Å². The maximum absolute atomic E-state index is 10.5. The smallest absolute Gasteiger partial charge is 0.407 e. The zero-order chi connectivity index (χ0) is 7.84. The van der Waals surface area contributed by atoms with E-state index in [1.807, 2.05) is 0 Å². The quantitative estimate of drug-likeness (QED) is 0.517. The molecular weight excluding hydrogens is 144 g/mol. The van der Waals surface area contributed by atoms with E-state index >= 15 is 0 Å². The second-order valence-electron chi connectivity index (χ2n) is 3.26. The number of carbonyl (C=O) groups is 1. The molecule has 2 fully saturated rings. The van der Waals surface area contributed by atoms with Crippen LogP contribution in [0.2, 0.25) is 0 Å². The van der Waals surface area contributed by atoms with Crippen molar-refractivity contribution in [3.8, 4) is 0 Å². The van der Waals surface area contributed by atoms with Crippen molar-refractivity contribution in [1.82, 2.24) is 10.2 Å². The van der Waals surface area contributed by atoms with Crippen LogP contribution in [0.1, 0.15) is 6.42 Å². The van der Waals surface area contributed by atoms with Gasteiger partial charge in [0.15, 0.2) is 0 Å². The molecule has 2 atom stereocenters. The van der Waals surface area contributed by atoms with Crippen LogP contribution in [0.4, 0.5) is 4.79 Å². The summed E-state index contributed by atoms with van der Waals surface area (Å²) in [6, 6.07) is 0.265. The van der Waals surface area contributed by atoms with Crippen molar-refractivity contribution < 1.29 is 9.90 Å². The minimum absolute atomic E-state index is 0.265. The van der Waals surface area contributed by atoms with Crippen LogP contribution in [0, 0.1) is 5.92 Å². The molecule has 0 aromatic carbocycles. The van der Waals surface area contributed by atoms with Crippen molar-refractivity contribution in [3.05, 3.63) is 0 Å². The summed E-state index contributed by atoms with van der Waals surface area (Å²) in [6.45, 7) is 2.65. The number of hydrogen-bond donors (Lipinski definition) is 2. The number of carboxylic acid groups (broad SMARTS) is 1. The molecule has 4 heteroatoms. The Kier molecular flexibility index (Phi) is 1.49. The molecule has 2 saturated heterocycles. The van der Waals surface area contributed by atoms with Gasteiger partial charge in [0.1, 0.15) is 0 Å². The van der Waals surface area contributed by atoms with Crippen LogP contribution >= 0.6 is 0 Å². The van der Waals surface area contributed by atoms with Crippen molar-refractivity contribution >= 4 is 6.09 Å². The number of nitrogens with zero attached hydrogens (tertiary/aromatic N) is 1. The minimum atomic E-state index is -0.769. The van der Waals surface area contributed by atoms with Gasteiger partial charge in [-0.3, -0.25) is 0 Å². The summed E-state index contributed by atoms with van der Waals surface area (Å²) in [5.41, 5.74) is 0. The Labute approximate surface area is 65.2 Å². The molecule has 2 heterocycles. The molecular formula is C7H12N2O2. The molecule has 2 aliphatic heterocycles. The number of fused-ring (bicyclic) bond motifs is 1. The summed E-state index contributed by atoms with van der Waals surface area (Å²) >= 11 is 0. The average molecular weight is 156 g/mol. The minimum Gasteiger partial charge on any atom is -0.465 e. The lowest BCUT2D eigenvalue weighted by Gasteiger charge is -2.49. The van der Waals surface area contributed by atoms with Crippen LogP contribution in [0.3, 0.4) is 0 Å². The summed E-state index contributed by atoms with van der Waals surface area (Å²) < 4.78 is 0. The first kappa shape index (κ1) is 6.91. The topological polar surface area (TPSA) is 52.6 Å². The maximum atomic E-state index is 10.5. The van der Waals surface area contributed by atoms with Gasteiger partial charge in [-0.25, -0.2) is 4.79 Å². The van der Waals surface area contributed by atoms with E-state index < -0.39 is 6.09 Å². The summed E-state index contributed by atoms with van der Waals surface area (Å²) in [5.74, 6) is 0.632. The first-order valence-electron chi connectivity index (χ1n) is 3.99. The Bertz CT molecular complexity index is 183. The molecule has 0 saturated carbocycles. The van der Waals surface area contributed by atoms with Gasteiger partial charge in [0.25, 0.3) is 0 Å². The Morgan fingerprint density at radius 2 is 2.45 bits per heavy atom. The van der Waals surface area contributed by atoms with E-state index in [2.05, 4.69) is 5.32 Å². The predicted octanol–water partition coefficient (Wildman–Crippen LogP) is -0.0419. The van der Waals surface area contributed by atoms with Crippen LogP contribution in [0.5, 0.6) is 0 Å². The zero-order valence-electron chi connectivity index (χ0n) is 6.29. The number of rotatable bonds is 0. The third kappa shape index (κ3) is 0.976. The van der Waals surface area contributed by atoms with Gasteiger partial charge >= 0.3 is 6.09 Å². The van der Waals surface area contributed by atoms with Gasteiger partial charge in [0.2, 0.25) is 0 Å². The largest absolute Gasteiger partial charge is 0.465 e. The summed E-state index contributed by atoms with van der Waals surface area (Å²) in [5, 5.41) is 11.9. The van der Waals surface area contributed by atoms with Crippen molar-refractivity contribution in [2.75, 3.05) is 19.6 Å². The molecule has 2 unspecified atom stereocenters. The Hall–Kier alpha value is -0.770. The van der Waals surface area contributed by atoms with E-state index in [1.165, 1.54) is 4.90 Å². The van der Waals surface area contributed by atoms with Crippen LogP contribution in [0.25, 0.3) is 0 Å². The SMILES string of the molecule is O=C(O)N1CC2CCNCC21. The van der Waals surface area contributed by atoms with Crippen molar-refractivity contribution in [1.29, 1.82) is 0 Å². The molecule has 0 spiro atoms. The predicted molar refractivity (Wildman–Crippen MR) is 39.5 cm³/mol. The second-order valence-corrected chi connectivity index (χ2v) is 3.26. The first-order chi connectivity index (χ1) is 5.29. The number of likely N-dealkylation sites (tertiary alicyclic amines) is 1. The standard InChI is InChI=1S/C7H12N2O2/c10-7(11)9-4-5-1-2-8-3-6(5)9/h5-6,8H,1-4H2,(H,10,11). The maximum Gasteiger partial charge on any atom is 0.407 e. The third-order valence-corrected chi connectivity index (χ3v) is 2.67. The molecule has 2 rings (SSSR count). The Balaban J connectivity index is 1.96. The number of hydrogen-bond acceptors (Lipinski definition) is 2. The van der Waals surface area contributed by atoms with Gasteiger partial charge in [-0.2, -0.15) is 0 Å². The molecule has 0 aliphatic carbocycles. The first-order valence-corrected chi connectivity index (χ1v) is 3.99. The van der Waals surface area contributed by atoms with Gasteiger partial charge < -0.3 is 15.3 Å². The van der Waals surface area contributed by atoms with E-state index in [1.54, 1.807) is 0 Å². The molecule has 11 heavy (non-hydrogen) atoms. The fraction of sp³-hybridized carbons (Fsp3) is 0.857. The van der Waals surface area contributed by atoms with E-state index in [9.17, 15) is 4.79 Å². The summed E-state index contributed by atoms with van der Waals surface area (Å²) in [7, 11) is 0. The van der Waals surface area contributed by atoms with Crippen molar-refractivity contribution in [2.45, 2.75) is 12.5 Å². The normalized spacial score (nSPS) is 35.8. The molecule has 0 bridgehead atoms. The lowest BCUT2D eigenvalue weighted by molar-refractivity contribution is 0.00700. The monoisotopic (exact) mass is 156 g/mol. The van der Waals surface area contributed by atoms with Gasteiger partial charge in [-0.1, -0.05) is 0 Å². The lowest BCUT2D eigenvalue weighted by Crippen LogP contribution is -2.64. The Morgan fingerprint density at radius 1 is 1.64 bits per heavy atom. The zero-order valence-corrected chi connectivity index (χ0v) is 6.29. The van der Waals surface area contributed by atoms with Crippen LogP contribution in [-0.2, 0) is 0 Å². The molecule has 1 amide bonds. The molecule has 0 aromatic rings. The highest BCUT2D eigenvalue weighted by Crippen LogP contribution is 2.29. The lowest BCUT2D eigenvalue weighted by atomic mass is 9.84. The van der Waals surface area contributed by atoms with Crippen LogP contribution in [0.15, 0.2) is 0 Å². The van der Waals surface area contributed by atoms with E-state index in [0.717, 1.165) is 26.1 Å². The average Bonchev–Trinajstić information content (AvgIpc) is 1.90. The van der Waals surface area contributed by atoms with Crippen LogP contribution < -0.4 is 5.32 Å². The van der Waals surface area contributed by atoms with Crippen molar-refractivity contribution in [2.24, 2.45) is 5.92 Å².